The van der Waals surface area contributed by atoms with Crippen LogP contribution in [-0.4, -0.2) is 37.6 Å². The van der Waals surface area contributed by atoms with Gasteiger partial charge in [-0.2, -0.15) is 0 Å². The summed E-state index contributed by atoms with van der Waals surface area (Å²) in [5, 5.41) is 12.1. The molecule has 0 aromatic heterocycles. The molecule has 8 heteroatoms. The second-order valence-electron chi connectivity index (χ2n) is 5.81. The second-order valence-corrected chi connectivity index (χ2v) is 6.24. The zero-order valence-electron chi connectivity index (χ0n) is 13.6. The molecule has 1 fully saturated rings. The lowest BCUT2D eigenvalue weighted by Gasteiger charge is -2.30. The number of nitrogens with one attached hydrogen (secondary N) is 4. The summed E-state index contributed by atoms with van der Waals surface area (Å²) in [6, 6.07) is 6.96. The molecule has 0 spiro atoms. The van der Waals surface area contributed by atoms with Crippen molar-refractivity contribution in [2.45, 2.75) is 25.9 Å². The lowest BCUT2D eigenvalue weighted by Crippen LogP contribution is -2.52. The highest BCUT2D eigenvalue weighted by Crippen LogP contribution is 2.11. The van der Waals surface area contributed by atoms with Gasteiger partial charge in [0, 0.05) is 24.2 Å². The van der Waals surface area contributed by atoms with Gasteiger partial charge < -0.3 is 21.3 Å². The summed E-state index contributed by atoms with van der Waals surface area (Å²) in [5.74, 6) is 0.270. The fourth-order valence-corrected chi connectivity index (χ4v) is 2.57. The van der Waals surface area contributed by atoms with Crippen LogP contribution in [0.3, 0.4) is 0 Å². The van der Waals surface area contributed by atoms with E-state index < -0.39 is 0 Å². The molecule has 6 nitrogen and oxygen atoms in total. The lowest BCUT2D eigenvalue weighted by molar-refractivity contribution is -0.121. The molecule has 0 radical (unpaired) electrons. The maximum atomic E-state index is 11.9. The monoisotopic (exact) mass is 374 g/mol. The summed E-state index contributed by atoms with van der Waals surface area (Å²) < 4.78 is 0. The van der Waals surface area contributed by atoms with E-state index in [0.29, 0.717) is 17.5 Å². The number of hydrogen-bond acceptors (Lipinski definition) is 3. The van der Waals surface area contributed by atoms with Gasteiger partial charge in [-0.1, -0.05) is 30.7 Å². The molecule has 1 aromatic carbocycles. The number of piperidine rings is 1. The van der Waals surface area contributed by atoms with Gasteiger partial charge in [0.25, 0.3) is 0 Å². The molecule has 1 aromatic rings. The SMILES string of the molecule is CC1CCNCC1NC(=O)CNC(=O)NCc1ccc(Cl)cc1.Cl. The summed E-state index contributed by atoms with van der Waals surface area (Å²) in [6.45, 7) is 4.23. The minimum atomic E-state index is -0.370. The summed E-state index contributed by atoms with van der Waals surface area (Å²) in [6.07, 6.45) is 1.04. The molecule has 0 saturated carbocycles. The number of hydrogen-bond donors (Lipinski definition) is 4. The average molecular weight is 375 g/mol. The number of rotatable bonds is 5. The van der Waals surface area contributed by atoms with Crippen molar-refractivity contribution in [2.75, 3.05) is 19.6 Å². The van der Waals surface area contributed by atoms with Crippen molar-refractivity contribution >= 4 is 35.9 Å². The van der Waals surface area contributed by atoms with Gasteiger partial charge in [-0.05, 0) is 36.6 Å². The molecular formula is C16H24Cl2N4O2. The third-order valence-electron chi connectivity index (χ3n) is 3.95. The highest BCUT2D eigenvalue weighted by molar-refractivity contribution is 6.30. The Hall–Kier alpha value is -1.50. The molecule has 2 atom stereocenters. The number of urea groups is 1. The van der Waals surface area contributed by atoms with Crippen LogP contribution in [0.4, 0.5) is 4.79 Å². The molecule has 1 saturated heterocycles. The number of halogens is 2. The maximum Gasteiger partial charge on any atom is 0.315 e. The predicted octanol–water partition coefficient (Wildman–Crippen LogP) is 1.68. The van der Waals surface area contributed by atoms with E-state index in [1.54, 1.807) is 12.1 Å². The quantitative estimate of drug-likeness (QED) is 0.632. The highest BCUT2D eigenvalue weighted by Gasteiger charge is 2.22. The van der Waals surface area contributed by atoms with Crippen LogP contribution < -0.4 is 21.3 Å². The van der Waals surface area contributed by atoms with Gasteiger partial charge in [-0.25, -0.2) is 4.79 Å². The van der Waals surface area contributed by atoms with Crippen LogP contribution in [0.1, 0.15) is 18.9 Å². The van der Waals surface area contributed by atoms with Crippen molar-refractivity contribution < 1.29 is 9.59 Å². The number of carbonyl (C=O) groups excluding carboxylic acids is 2. The maximum absolute atomic E-state index is 11.9. The zero-order chi connectivity index (χ0) is 16.7. The molecule has 2 rings (SSSR count). The lowest BCUT2D eigenvalue weighted by atomic mass is 9.95. The molecule has 0 bridgehead atoms. The summed E-state index contributed by atoms with van der Waals surface area (Å²) in [4.78, 5) is 23.6. The Kier molecular flexibility index (Phi) is 8.89. The molecule has 134 valence electrons. The number of amides is 3. The Morgan fingerprint density at radius 1 is 1.25 bits per heavy atom. The van der Waals surface area contributed by atoms with Gasteiger partial charge in [0.15, 0.2) is 0 Å². The van der Waals surface area contributed by atoms with Crippen molar-refractivity contribution in [1.29, 1.82) is 0 Å². The summed E-state index contributed by atoms with van der Waals surface area (Å²) >= 11 is 5.80. The minimum absolute atomic E-state index is 0. The van der Waals surface area contributed by atoms with Crippen LogP contribution in [-0.2, 0) is 11.3 Å². The first-order chi connectivity index (χ1) is 11.0. The van der Waals surface area contributed by atoms with E-state index in [2.05, 4.69) is 28.2 Å². The Balaban J connectivity index is 0.00000288. The van der Waals surface area contributed by atoms with Crippen molar-refractivity contribution in [2.24, 2.45) is 5.92 Å². The van der Waals surface area contributed by atoms with Crippen molar-refractivity contribution in [1.82, 2.24) is 21.3 Å². The van der Waals surface area contributed by atoms with E-state index in [1.165, 1.54) is 0 Å². The first kappa shape index (κ1) is 20.5. The standard InChI is InChI=1S/C16H23ClN4O2.ClH/c1-11-6-7-18-9-14(11)21-15(22)10-20-16(23)19-8-12-2-4-13(17)5-3-12;/h2-5,11,14,18H,6-10H2,1H3,(H,21,22)(H2,19,20,23);1H. The fourth-order valence-electron chi connectivity index (χ4n) is 2.45. The number of carbonyl (C=O) groups is 2. The molecule has 1 aliphatic rings. The van der Waals surface area contributed by atoms with Gasteiger partial charge >= 0.3 is 6.03 Å². The molecule has 24 heavy (non-hydrogen) atoms. The smallest absolute Gasteiger partial charge is 0.315 e. The van der Waals surface area contributed by atoms with Crippen molar-refractivity contribution in [3.8, 4) is 0 Å². The molecule has 0 aliphatic carbocycles. The van der Waals surface area contributed by atoms with Crippen LogP contribution in [0.25, 0.3) is 0 Å². The van der Waals surface area contributed by atoms with E-state index in [-0.39, 0.29) is 36.9 Å². The van der Waals surface area contributed by atoms with E-state index in [0.717, 1.165) is 25.1 Å². The summed E-state index contributed by atoms with van der Waals surface area (Å²) in [5.41, 5.74) is 0.941. The van der Waals surface area contributed by atoms with Gasteiger partial charge in [0.1, 0.15) is 0 Å². The first-order valence-electron chi connectivity index (χ1n) is 7.81. The van der Waals surface area contributed by atoms with E-state index >= 15 is 0 Å². The average Bonchev–Trinajstić information content (AvgIpc) is 2.54. The third kappa shape index (κ3) is 6.95. The van der Waals surface area contributed by atoms with E-state index in [1.807, 2.05) is 12.1 Å². The zero-order valence-corrected chi connectivity index (χ0v) is 15.2. The van der Waals surface area contributed by atoms with E-state index in [9.17, 15) is 9.59 Å². The van der Waals surface area contributed by atoms with Crippen LogP contribution in [0, 0.1) is 5.92 Å². The fraction of sp³-hybridized carbons (Fsp3) is 0.500. The normalized spacial score (nSPS) is 19.8. The minimum Gasteiger partial charge on any atom is -0.350 e. The van der Waals surface area contributed by atoms with Crippen LogP contribution in [0.2, 0.25) is 5.02 Å². The Morgan fingerprint density at radius 2 is 1.96 bits per heavy atom. The second kappa shape index (κ2) is 10.4. The van der Waals surface area contributed by atoms with Gasteiger partial charge in [-0.3, -0.25) is 4.79 Å². The molecular weight excluding hydrogens is 351 g/mol. The van der Waals surface area contributed by atoms with Crippen LogP contribution in [0.5, 0.6) is 0 Å². The van der Waals surface area contributed by atoms with Crippen molar-refractivity contribution in [3.63, 3.8) is 0 Å². The van der Waals surface area contributed by atoms with Gasteiger partial charge in [0.05, 0.1) is 6.54 Å². The van der Waals surface area contributed by atoms with Crippen LogP contribution >= 0.6 is 24.0 Å². The van der Waals surface area contributed by atoms with Gasteiger partial charge in [0.2, 0.25) is 5.91 Å². The van der Waals surface area contributed by atoms with Crippen LogP contribution in [0.15, 0.2) is 24.3 Å². The molecule has 1 aliphatic heterocycles. The summed E-state index contributed by atoms with van der Waals surface area (Å²) in [7, 11) is 0. The third-order valence-corrected chi connectivity index (χ3v) is 4.20. The first-order valence-corrected chi connectivity index (χ1v) is 8.18. The van der Waals surface area contributed by atoms with Gasteiger partial charge in [-0.15, -0.1) is 12.4 Å². The molecule has 2 unspecified atom stereocenters. The Morgan fingerprint density at radius 3 is 2.62 bits per heavy atom. The number of benzene rings is 1. The molecule has 1 heterocycles. The highest BCUT2D eigenvalue weighted by atomic mass is 35.5. The molecule has 4 N–H and O–H groups in total. The van der Waals surface area contributed by atoms with Crippen molar-refractivity contribution in [3.05, 3.63) is 34.9 Å². The predicted molar refractivity (Wildman–Crippen MR) is 97.5 cm³/mol. The largest absolute Gasteiger partial charge is 0.350 e. The molecule has 3 amide bonds. The van der Waals surface area contributed by atoms with E-state index in [4.69, 9.17) is 11.6 Å². The topological polar surface area (TPSA) is 82.3 Å². The Bertz CT molecular complexity index is 539. The Labute approximate surface area is 153 Å².